The first kappa shape index (κ1) is 8.76. The van der Waals surface area contributed by atoms with Crippen LogP contribution in [0, 0.1) is 11.6 Å². The second-order valence-corrected chi connectivity index (χ2v) is 1.82. The average molecular weight is 181 g/mol. The molecule has 0 saturated heterocycles. The number of nitrogens with zero attached hydrogens (tertiary/aromatic N) is 1. The Balaban J connectivity index is 2.82. The summed E-state index contributed by atoms with van der Waals surface area (Å²) in [5.41, 5.74) is 0. The Morgan fingerprint density at radius 3 is 2.42 bits per heavy atom. The number of aromatic nitrogens is 1. The summed E-state index contributed by atoms with van der Waals surface area (Å²) in [6, 6.07) is 0.446. The lowest BCUT2D eigenvalue weighted by molar-refractivity contribution is -0.0531. The molecule has 0 aliphatic rings. The summed E-state index contributed by atoms with van der Waals surface area (Å²) in [5, 5.41) is 0. The number of alkyl halides is 2. The molecule has 0 fully saturated rings. The van der Waals surface area contributed by atoms with E-state index in [0.717, 1.165) is 0 Å². The lowest BCUT2D eigenvalue weighted by Gasteiger charge is -2.01. The van der Waals surface area contributed by atoms with Gasteiger partial charge in [-0.15, -0.1) is 0 Å². The van der Waals surface area contributed by atoms with Crippen LogP contribution >= 0.6 is 0 Å². The standard InChI is InChI=1S/C6H3F4NO/c7-3-1-5(12-6(9)10)11-2-4(3)8/h1-2,6H. The van der Waals surface area contributed by atoms with Crippen LogP contribution in [0.3, 0.4) is 0 Å². The Morgan fingerprint density at radius 1 is 1.25 bits per heavy atom. The van der Waals surface area contributed by atoms with Crippen LogP contribution in [0.2, 0.25) is 0 Å². The molecule has 1 rings (SSSR count). The van der Waals surface area contributed by atoms with Gasteiger partial charge in [-0.25, -0.2) is 13.8 Å². The number of halogens is 4. The van der Waals surface area contributed by atoms with Gasteiger partial charge in [0.1, 0.15) is 0 Å². The smallest absolute Gasteiger partial charge is 0.388 e. The van der Waals surface area contributed by atoms with Crippen molar-refractivity contribution in [3.05, 3.63) is 23.9 Å². The zero-order chi connectivity index (χ0) is 9.14. The summed E-state index contributed by atoms with van der Waals surface area (Å²) in [6.45, 7) is -3.10. The number of hydrogen-bond donors (Lipinski definition) is 0. The van der Waals surface area contributed by atoms with Gasteiger partial charge < -0.3 is 4.74 Å². The highest BCUT2D eigenvalue weighted by Gasteiger charge is 2.08. The van der Waals surface area contributed by atoms with Crippen LogP contribution in [0.25, 0.3) is 0 Å². The number of ether oxygens (including phenoxy) is 1. The van der Waals surface area contributed by atoms with Crippen molar-refractivity contribution in [2.24, 2.45) is 0 Å². The Morgan fingerprint density at radius 2 is 1.92 bits per heavy atom. The van der Waals surface area contributed by atoms with Crippen LogP contribution in [0.1, 0.15) is 0 Å². The van der Waals surface area contributed by atoms with Crippen LogP contribution in [-0.2, 0) is 0 Å². The third kappa shape index (κ3) is 2.08. The predicted molar refractivity (Wildman–Crippen MR) is 30.8 cm³/mol. The molecule has 1 heterocycles. The second kappa shape index (κ2) is 3.38. The lowest BCUT2D eigenvalue weighted by Crippen LogP contribution is -2.04. The third-order valence-corrected chi connectivity index (χ3v) is 0.993. The van der Waals surface area contributed by atoms with Gasteiger partial charge in [0.15, 0.2) is 11.6 Å². The first-order valence-electron chi connectivity index (χ1n) is 2.85. The van der Waals surface area contributed by atoms with E-state index in [1.165, 1.54) is 0 Å². The van der Waals surface area contributed by atoms with Crippen LogP contribution < -0.4 is 4.74 Å². The van der Waals surface area contributed by atoms with Crippen molar-refractivity contribution in [2.45, 2.75) is 6.61 Å². The number of pyridine rings is 1. The molecule has 0 aliphatic carbocycles. The van der Waals surface area contributed by atoms with E-state index in [1.807, 2.05) is 0 Å². The first-order chi connectivity index (χ1) is 5.59. The molecule has 0 saturated carbocycles. The van der Waals surface area contributed by atoms with Gasteiger partial charge in [-0.05, 0) is 0 Å². The normalized spacial score (nSPS) is 10.4. The van der Waals surface area contributed by atoms with Gasteiger partial charge in [-0.1, -0.05) is 0 Å². The van der Waals surface area contributed by atoms with Gasteiger partial charge in [0.25, 0.3) is 0 Å². The quantitative estimate of drug-likeness (QED) is 0.650. The van der Waals surface area contributed by atoms with Crippen molar-refractivity contribution in [3.8, 4) is 5.88 Å². The SMILES string of the molecule is Fc1cnc(OC(F)F)cc1F. The molecule has 0 aromatic carbocycles. The van der Waals surface area contributed by atoms with Crippen molar-refractivity contribution in [3.63, 3.8) is 0 Å². The monoisotopic (exact) mass is 181 g/mol. The molecule has 6 heteroatoms. The molecule has 66 valence electrons. The maximum atomic E-state index is 12.3. The van der Waals surface area contributed by atoms with E-state index >= 15 is 0 Å². The molecule has 0 atom stereocenters. The van der Waals surface area contributed by atoms with Gasteiger partial charge in [0.05, 0.1) is 6.20 Å². The minimum absolute atomic E-state index is 0.446. The van der Waals surface area contributed by atoms with Gasteiger partial charge in [0.2, 0.25) is 5.88 Å². The topological polar surface area (TPSA) is 22.1 Å². The molecule has 0 aliphatic heterocycles. The molecule has 1 aromatic rings. The van der Waals surface area contributed by atoms with E-state index < -0.39 is 24.1 Å². The highest BCUT2D eigenvalue weighted by atomic mass is 19.3. The summed E-state index contributed by atoms with van der Waals surface area (Å²) in [6.07, 6.45) is 0.465. The Bertz CT molecular complexity index is 278. The van der Waals surface area contributed by atoms with Gasteiger partial charge >= 0.3 is 6.61 Å². The molecule has 0 spiro atoms. The Kier molecular flexibility index (Phi) is 2.47. The van der Waals surface area contributed by atoms with Crippen molar-refractivity contribution < 1.29 is 22.3 Å². The summed E-state index contributed by atoms with van der Waals surface area (Å²) in [4.78, 5) is 3.06. The van der Waals surface area contributed by atoms with Gasteiger partial charge in [0, 0.05) is 6.07 Å². The van der Waals surface area contributed by atoms with Crippen LogP contribution in [0.15, 0.2) is 12.3 Å². The van der Waals surface area contributed by atoms with Crippen molar-refractivity contribution in [1.29, 1.82) is 0 Å². The van der Waals surface area contributed by atoms with Crippen LogP contribution in [0.5, 0.6) is 5.88 Å². The minimum Gasteiger partial charge on any atom is -0.417 e. The predicted octanol–water partition coefficient (Wildman–Crippen LogP) is 1.96. The maximum Gasteiger partial charge on any atom is 0.388 e. The molecular weight excluding hydrogens is 178 g/mol. The third-order valence-electron chi connectivity index (χ3n) is 0.993. The lowest BCUT2D eigenvalue weighted by atomic mass is 10.4. The second-order valence-electron chi connectivity index (χ2n) is 1.82. The van der Waals surface area contributed by atoms with Gasteiger partial charge in [-0.2, -0.15) is 8.78 Å². The molecule has 0 amide bonds. The van der Waals surface area contributed by atoms with E-state index in [4.69, 9.17) is 0 Å². The van der Waals surface area contributed by atoms with E-state index in [-0.39, 0.29) is 0 Å². The first-order valence-corrected chi connectivity index (χ1v) is 2.85. The van der Waals surface area contributed by atoms with Crippen LogP contribution in [0.4, 0.5) is 17.6 Å². The summed E-state index contributed by atoms with van der Waals surface area (Å²) in [5.74, 6) is -3.14. The van der Waals surface area contributed by atoms with E-state index in [0.29, 0.717) is 12.3 Å². The highest BCUT2D eigenvalue weighted by Crippen LogP contribution is 2.13. The fourth-order valence-corrected chi connectivity index (χ4v) is 0.552. The minimum atomic E-state index is -3.10. The zero-order valence-electron chi connectivity index (χ0n) is 5.60. The Hall–Kier alpha value is -1.33. The molecule has 1 aromatic heterocycles. The molecular formula is C6H3F4NO. The average Bonchev–Trinajstić information content (AvgIpc) is 1.96. The molecule has 12 heavy (non-hydrogen) atoms. The van der Waals surface area contributed by atoms with E-state index in [2.05, 4.69) is 9.72 Å². The molecule has 0 unspecified atom stereocenters. The van der Waals surface area contributed by atoms with Crippen molar-refractivity contribution in [1.82, 2.24) is 4.98 Å². The summed E-state index contributed by atoms with van der Waals surface area (Å²) in [7, 11) is 0. The summed E-state index contributed by atoms with van der Waals surface area (Å²) < 4.78 is 51.1. The van der Waals surface area contributed by atoms with Gasteiger partial charge in [-0.3, -0.25) is 0 Å². The molecule has 0 N–H and O–H groups in total. The zero-order valence-corrected chi connectivity index (χ0v) is 5.60. The largest absolute Gasteiger partial charge is 0.417 e. The van der Waals surface area contributed by atoms with E-state index in [9.17, 15) is 17.6 Å². The fourth-order valence-electron chi connectivity index (χ4n) is 0.552. The molecule has 0 bridgehead atoms. The fraction of sp³-hybridized carbons (Fsp3) is 0.167. The Labute approximate surface area is 64.8 Å². The molecule has 0 radical (unpaired) electrons. The highest BCUT2D eigenvalue weighted by molar-refractivity contribution is 5.12. The van der Waals surface area contributed by atoms with Crippen LogP contribution in [-0.4, -0.2) is 11.6 Å². The summed E-state index contributed by atoms with van der Waals surface area (Å²) >= 11 is 0. The van der Waals surface area contributed by atoms with Crippen molar-refractivity contribution in [2.75, 3.05) is 0 Å². The molecule has 2 nitrogen and oxygen atoms in total. The maximum absolute atomic E-state index is 12.3. The number of hydrogen-bond acceptors (Lipinski definition) is 2. The van der Waals surface area contributed by atoms with Crippen molar-refractivity contribution >= 4 is 0 Å². The number of rotatable bonds is 2. The van der Waals surface area contributed by atoms with E-state index in [1.54, 1.807) is 0 Å².